The summed E-state index contributed by atoms with van der Waals surface area (Å²) in [6.45, 7) is 4.16. The van der Waals surface area contributed by atoms with E-state index in [0.717, 1.165) is 0 Å². The Balaban J connectivity index is 2.39. The number of hydrogen-bond acceptors (Lipinski definition) is 6. The molecule has 7 heteroatoms. The second kappa shape index (κ2) is 6.38. The van der Waals surface area contributed by atoms with Gasteiger partial charge in [0.2, 0.25) is 0 Å². The predicted octanol–water partition coefficient (Wildman–Crippen LogP) is 1.23. The highest BCUT2D eigenvalue weighted by atomic mass is 16.6. The second-order valence-corrected chi connectivity index (χ2v) is 5.32. The molecule has 1 fully saturated rings. The SMILES string of the molecule is CC1COC(CO)CN1c1ccc([C@H](C)O)cc1[N+](=O)[O-]. The Bertz CT molecular complexity index is 520. The van der Waals surface area contributed by atoms with E-state index >= 15 is 0 Å². The van der Waals surface area contributed by atoms with Crippen molar-refractivity contribution in [2.24, 2.45) is 0 Å². The molecule has 1 aromatic carbocycles. The van der Waals surface area contributed by atoms with Crippen LogP contribution in [-0.2, 0) is 4.74 Å². The molecule has 2 unspecified atom stereocenters. The van der Waals surface area contributed by atoms with Gasteiger partial charge in [0.15, 0.2) is 0 Å². The summed E-state index contributed by atoms with van der Waals surface area (Å²) in [5.41, 5.74) is 0.947. The summed E-state index contributed by atoms with van der Waals surface area (Å²) < 4.78 is 5.45. The van der Waals surface area contributed by atoms with Crippen molar-refractivity contribution in [1.29, 1.82) is 0 Å². The van der Waals surface area contributed by atoms with Crippen molar-refractivity contribution in [2.45, 2.75) is 32.1 Å². The fourth-order valence-electron chi connectivity index (χ4n) is 2.45. The lowest BCUT2D eigenvalue weighted by molar-refractivity contribution is -0.384. The van der Waals surface area contributed by atoms with E-state index in [9.17, 15) is 20.3 Å². The fraction of sp³-hybridized carbons (Fsp3) is 0.571. The molecule has 21 heavy (non-hydrogen) atoms. The standard InChI is InChI=1S/C14H20N2O5/c1-9-8-21-12(7-17)6-15(9)13-4-3-11(10(2)18)5-14(13)16(19)20/h3-5,9-10,12,17-18H,6-8H2,1-2H3/t9?,10-,12?/m0/s1. The minimum absolute atomic E-state index is 0.0242. The molecular formula is C14H20N2O5. The van der Waals surface area contributed by atoms with Gasteiger partial charge in [0.05, 0.1) is 30.3 Å². The molecule has 1 saturated heterocycles. The van der Waals surface area contributed by atoms with E-state index in [1.807, 2.05) is 11.8 Å². The average Bonchev–Trinajstić information content (AvgIpc) is 2.47. The molecule has 0 aliphatic carbocycles. The molecule has 1 aliphatic rings. The van der Waals surface area contributed by atoms with Crippen molar-refractivity contribution in [1.82, 2.24) is 0 Å². The van der Waals surface area contributed by atoms with Gasteiger partial charge in [-0.25, -0.2) is 0 Å². The van der Waals surface area contributed by atoms with Crippen LogP contribution < -0.4 is 4.90 Å². The number of aliphatic hydroxyl groups excluding tert-OH is 2. The molecule has 0 radical (unpaired) electrons. The highest BCUT2D eigenvalue weighted by molar-refractivity contribution is 5.65. The highest BCUT2D eigenvalue weighted by Gasteiger charge is 2.30. The highest BCUT2D eigenvalue weighted by Crippen LogP contribution is 2.33. The molecule has 0 spiro atoms. The maximum Gasteiger partial charge on any atom is 0.292 e. The number of hydrogen-bond donors (Lipinski definition) is 2. The number of rotatable bonds is 4. The minimum atomic E-state index is -0.759. The van der Waals surface area contributed by atoms with Crippen LogP contribution >= 0.6 is 0 Å². The first kappa shape index (κ1) is 15.7. The van der Waals surface area contributed by atoms with Crippen molar-refractivity contribution in [3.8, 4) is 0 Å². The molecule has 7 nitrogen and oxygen atoms in total. The third-order valence-electron chi connectivity index (χ3n) is 3.70. The van der Waals surface area contributed by atoms with Crippen LogP contribution in [-0.4, -0.2) is 47.0 Å². The van der Waals surface area contributed by atoms with E-state index in [1.165, 1.54) is 6.07 Å². The Labute approximate surface area is 122 Å². The van der Waals surface area contributed by atoms with Gasteiger partial charge in [0.1, 0.15) is 5.69 Å². The van der Waals surface area contributed by atoms with Crippen LogP contribution in [0.3, 0.4) is 0 Å². The number of nitro groups is 1. The van der Waals surface area contributed by atoms with Crippen LogP contribution in [0.15, 0.2) is 18.2 Å². The van der Waals surface area contributed by atoms with Crippen LogP contribution in [0.1, 0.15) is 25.5 Å². The van der Waals surface area contributed by atoms with Crippen LogP contribution in [0, 0.1) is 10.1 Å². The molecular weight excluding hydrogens is 276 g/mol. The second-order valence-electron chi connectivity index (χ2n) is 5.32. The van der Waals surface area contributed by atoms with Crippen LogP contribution in [0.4, 0.5) is 11.4 Å². The lowest BCUT2D eigenvalue weighted by Crippen LogP contribution is -2.49. The van der Waals surface area contributed by atoms with Crippen LogP contribution in [0.2, 0.25) is 0 Å². The third-order valence-corrected chi connectivity index (χ3v) is 3.70. The molecule has 0 saturated carbocycles. The van der Waals surface area contributed by atoms with Gasteiger partial charge in [-0.2, -0.15) is 0 Å². The zero-order valence-electron chi connectivity index (χ0n) is 12.1. The Morgan fingerprint density at radius 1 is 1.57 bits per heavy atom. The van der Waals surface area contributed by atoms with Crippen molar-refractivity contribution in [3.63, 3.8) is 0 Å². The number of morpholine rings is 1. The Morgan fingerprint density at radius 2 is 2.29 bits per heavy atom. The lowest BCUT2D eigenvalue weighted by atomic mass is 10.1. The van der Waals surface area contributed by atoms with Gasteiger partial charge in [0.25, 0.3) is 5.69 Å². The maximum atomic E-state index is 11.3. The first-order chi connectivity index (χ1) is 9.93. The first-order valence-corrected chi connectivity index (χ1v) is 6.89. The number of anilines is 1. The molecule has 1 heterocycles. The molecule has 0 amide bonds. The molecule has 2 rings (SSSR count). The monoisotopic (exact) mass is 296 g/mol. The Hall–Kier alpha value is -1.70. The number of nitrogens with zero attached hydrogens (tertiary/aromatic N) is 2. The Morgan fingerprint density at radius 3 is 2.86 bits per heavy atom. The zero-order chi connectivity index (χ0) is 15.6. The summed E-state index contributed by atoms with van der Waals surface area (Å²) in [4.78, 5) is 12.7. The Kier molecular flexibility index (Phi) is 4.76. The smallest absolute Gasteiger partial charge is 0.292 e. The summed E-state index contributed by atoms with van der Waals surface area (Å²) in [6.07, 6.45) is -1.11. The van der Waals surface area contributed by atoms with E-state index in [0.29, 0.717) is 24.4 Å². The number of aliphatic hydroxyl groups is 2. The number of ether oxygens (including phenoxy) is 1. The van der Waals surface area contributed by atoms with Crippen LogP contribution in [0.5, 0.6) is 0 Å². The molecule has 0 aromatic heterocycles. The summed E-state index contributed by atoms with van der Waals surface area (Å²) in [7, 11) is 0. The summed E-state index contributed by atoms with van der Waals surface area (Å²) in [6, 6.07) is 4.71. The van der Waals surface area contributed by atoms with Crippen molar-refractivity contribution in [2.75, 3.05) is 24.7 Å². The minimum Gasteiger partial charge on any atom is -0.394 e. The van der Waals surface area contributed by atoms with E-state index < -0.39 is 11.0 Å². The topological polar surface area (TPSA) is 96.1 Å². The molecule has 2 N–H and O–H groups in total. The lowest BCUT2D eigenvalue weighted by Gasteiger charge is -2.38. The van der Waals surface area contributed by atoms with Gasteiger partial charge >= 0.3 is 0 Å². The largest absolute Gasteiger partial charge is 0.394 e. The molecule has 116 valence electrons. The van der Waals surface area contributed by atoms with Gasteiger partial charge < -0.3 is 19.8 Å². The average molecular weight is 296 g/mol. The summed E-state index contributed by atoms with van der Waals surface area (Å²) in [5.74, 6) is 0. The van der Waals surface area contributed by atoms with E-state index in [4.69, 9.17) is 4.74 Å². The zero-order valence-corrected chi connectivity index (χ0v) is 12.1. The van der Waals surface area contributed by atoms with Crippen molar-refractivity contribution < 1.29 is 19.9 Å². The third kappa shape index (κ3) is 3.31. The normalized spacial score (nSPS) is 23.9. The van der Waals surface area contributed by atoms with E-state index in [-0.39, 0.29) is 24.4 Å². The number of benzene rings is 1. The van der Waals surface area contributed by atoms with Crippen molar-refractivity contribution in [3.05, 3.63) is 33.9 Å². The van der Waals surface area contributed by atoms with E-state index in [1.54, 1.807) is 19.1 Å². The van der Waals surface area contributed by atoms with Crippen LogP contribution in [0.25, 0.3) is 0 Å². The molecule has 1 aromatic rings. The van der Waals surface area contributed by atoms with E-state index in [2.05, 4.69) is 0 Å². The quantitative estimate of drug-likeness (QED) is 0.641. The molecule has 3 atom stereocenters. The predicted molar refractivity (Wildman–Crippen MR) is 77.4 cm³/mol. The van der Waals surface area contributed by atoms with Gasteiger partial charge in [-0.3, -0.25) is 10.1 Å². The van der Waals surface area contributed by atoms with Gasteiger partial charge in [-0.15, -0.1) is 0 Å². The first-order valence-electron chi connectivity index (χ1n) is 6.89. The van der Waals surface area contributed by atoms with Crippen molar-refractivity contribution >= 4 is 11.4 Å². The number of nitro benzene ring substituents is 1. The fourth-order valence-corrected chi connectivity index (χ4v) is 2.45. The molecule has 1 aliphatic heterocycles. The van der Waals surface area contributed by atoms with Gasteiger partial charge in [-0.05, 0) is 25.5 Å². The summed E-state index contributed by atoms with van der Waals surface area (Å²) >= 11 is 0. The summed E-state index contributed by atoms with van der Waals surface area (Å²) in [5, 5.41) is 30.1. The van der Waals surface area contributed by atoms with Gasteiger partial charge in [0, 0.05) is 18.7 Å². The maximum absolute atomic E-state index is 11.3. The molecule has 0 bridgehead atoms. The van der Waals surface area contributed by atoms with Gasteiger partial charge in [-0.1, -0.05) is 6.07 Å².